The minimum absolute atomic E-state index is 0.0494. The molecular weight excluding hydrogens is 430 g/mol. The van der Waals surface area contributed by atoms with Crippen molar-refractivity contribution in [3.05, 3.63) is 65.2 Å². The zero-order valence-electron chi connectivity index (χ0n) is 18.8. The molecule has 0 aliphatic heterocycles. The summed E-state index contributed by atoms with van der Waals surface area (Å²) in [4.78, 5) is 21.8. The molecule has 2 aliphatic carbocycles. The van der Waals surface area contributed by atoms with E-state index in [4.69, 9.17) is 0 Å². The van der Waals surface area contributed by atoms with Crippen molar-refractivity contribution in [2.75, 3.05) is 10.6 Å². The number of aromatic nitrogens is 7. The molecule has 10 heteroatoms. The summed E-state index contributed by atoms with van der Waals surface area (Å²) in [6.45, 7) is 0. The van der Waals surface area contributed by atoms with Gasteiger partial charge in [-0.2, -0.15) is 5.10 Å². The number of carbonyl (C=O) groups excluding carboxylic acids is 1. The fourth-order valence-corrected chi connectivity index (χ4v) is 4.92. The van der Waals surface area contributed by atoms with E-state index in [9.17, 15) is 4.79 Å². The molecule has 0 fully saturated rings. The molecule has 0 saturated carbocycles. The van der Waals surface area contributed by atoms with Crippen molar-refractivity contribution in [1.82, 2.24) is 35.2 Å². The van der Waals surface area contributed by atoms with E-state index in [1.807, 2.05) is 13.1 Å². The number of nitrogens with one attached hydrogen (secondary N) is 3. The standard InChI is InChI=1S/C24H25N9O/c1-33-21(11-22(31-33)28-23(34)16-6-7-19-20(10-16)30-32-29-19)17-12-25-24(26-13-17)27-18-8-14-4-2-3-5-15(14)9-18/h2-5,11-13,16,18H,6-10H2,1H3,(H,25,26,27)(H,28,31,34)(H,29,30,32)/t16-/m0/s1. The molecule has 0 radical (unpaired) electrons. The lowest BCUT2D eigenvalue weighted by molar-refractivity contribution is -0.120. The molecule has 0 spiro atoms. The second-order valence-electron chi connectivity index (χ2n) is 9.02. The maximum atomic E-state index is 12.8. The van der Waals surface area contributed by atoms with Crippen molar-refractivity contribution in [2.24, 2.45) is 13.0 Å². The predicted octanol–water partition coefficient (Wildman–Crippen LogP) is 2.32. The summed E-state index contributed by atoms with van der Waals surface area (Å²) >= 11 is 0. The molecule has 3 N–H and O–H groups in total. The lowest BCUT2D eigenvalue weighted by Gasteiger charge is -2.19. The molecule has 0 bridgehead atoms. The minimum atomic E-state index is -0.140. The van der Waals surface area contributed by atoms with Gasteiger partial charge < -0.3 is 10.6 Å². The van der Waals surface area contributed by atoms with Crippen LogP contribution in [0.5, 0.6) is 0 Å². The fraction of sp³-hybridized carbons (Fsp3) is 0.333. The number of aromatic amines is 1. The van der Waals surface area contributed by atoms with Gasteiger partial charge >= 0.3 is 0 Å². The van der Waals surface area contributed by atoms with Gasteiger partial charge in [0.15, 0.2) is 5.82 Å². The van der Waals surface area contributed by atoms with E-state index in [-0.39, 0.29) is 11.8 Å². The summed E-state index contributed by atoms with van der Waals surface area (Å²) < 4.78 is 1.73. The second kappa shape index (κ2) is 8.36. The third-order valence-electron chi connectivity index (χ3n) is 6.72. The monoisotopic (exact) mass is 455 g/mol. The largest absolute Gasteiger partial charge is 0.351 e. The lowest BCUT2D eigenvalue weighted by Crippen LogP contribution is -2.28. The van der Waals surface area contributed by atoms with Crippen LogP contribution in [0.25, 0.3) is 11.3 Å². The number of aryl methyl sites for hydroxylation is 2. The first-order valence-electron chi connectivity index (χ1n) is 11.5. The van der Waals surface area contributed by atoms with E-state index in [1.165, 1.54) is 11.1 Å². The van der Waals surface area contributed by atoms with Crippen molar-refractivity contribution >= 4 is 17.7 Å². The summed E-state index contributed by atoms with van der Waals surface area (Å²) in [6.07, 6.45) is 7.65. The number of anilines is 2. The number of rotatable bonds is 5. The van der Waals surface area contributed by atoms with Crippen molar-refractivity contribution < 1.29 is 4.79 Å². The van der Waals surface area contributed by atoms with E-state index in [0.29, 0.717) is 24.2 Å². The van der Waals surface area contributed by atoms with Crippen LogP contribution in [0.15, 0.2) is 42.7 Å². The molecule has 2 aliphatic rings. The van der Waals surface area contributed by atoms with Crippen LogP contribution in [0.1, 0.15) is 28.9 Å². The van der Waals surface area contributed by atoms with Crippen LogP contribution in [0.3, 0.4) is 0 Å². The summed E-state index contributed by atoms with van der Waals surface area (Å²) in [6, 6.07) is 10.7. The van der Waals surface area contributed by atoms with Crippen LogP contribution < -0.4 is 10.6 Å². The van der Waals surface area contributed by atoms with Crippen LogP contribution in [0, 0.1) is 5.92 Å². The summed E-state index contributed by atoms with van der Waals surface area (Å²) in [5.74, 6) is 0.936. The first-order valence-corrected chi connectivity index (χ1v) is 11.5. The highest BCUT2D eigenvalue weighted by molar-refractivity contribution is 5.92. The average Bonchev–Trinajstić information content (AvgIpc) is 3.56. The number of fused-ring (bicyclic) bond motifs is 2. The van der Waals surface area contributed by atoms with E-state index in [0.717, 1.165) is 48.3 Å². The van der Waals surface area contributed by atoms with Gasteiger partial charge in [0, 0.05) is 49.5 Å². The summed E-state index contributed by atoms with van der Waals surface area (Å²) in [5, 5.41) is 21.7. The number of hydrogen-bond acceptors (Lipinski definition) is 7. The van der Waals surface area contributed by atoms with Gasteiger partial charge in [0.2, 0.25) is 11.9 Å². The number of carbonyl (C=O) groups is 1. The van der Waals surface area contributed by atoms with E-state index in [1.54, 1.807) is 17.1 Å². The first kappa shape index (κ1) is 20.5. The number of nitrogens with zero attached hydrogens (tertiary/aromatic N) is 6. The molecule has 172 valence electrons. The van der Waals surface area contributed by atoms with Gasteiger partial charge in [-0.1, -0.05) is 29.5 Å². The Kier molecular flexibility index (Phi) is 5.05. The van der Waals surface area contributed by atoms with Crippen molar-refractivity contribution in [1.29, 1.82) is 0 Å². The maximum absolute atomic E-state index is 12.8. The normalized spacial score (nSPS) is 17.3. The van der Waals surface area contributed by atoms with Crippen LogP contribution >= 0.6 is 0 Å². The maximum Gasteiger partial charge on any atom is 0.229 e. The number of benzene rings is 1. The molecule has 1 atom stereocenters. The lowest BCUT2D eigenvalue weighted by atomic mass is 9.89. The van der Waals surface area contributed by atoms with Crippen LogP contribution in [0.2, 0.25) is 0 Å². The predicted molar refractivity (Wildman–Crippen MR) is 126 cm³/mol. The molecule has 34 heavy (non-hydrogen) atoms. The molecular formula is C24H25N9O. The molecule has 6 rings (SSSR count). The quantitative estimate of drug-likeness (QED) is 0.422. The molecule has 10 nitrogen and oxygen atoms in total. The van der Waals surface area contributed by atoms with Gasteiger partial charge in [0.05, 0.1) is 17.1 Å². The van der Waals surface area contributed by atoms with Crippen molar-refractivity contribution in [3.63, 3.8) is 0 Å². The SMILES string of the molecule is Cn1nc(NC(=O)[C@H]2CCc3[nH]nnc3C2)cc1-c1cnc(NC2Cc3ccccc3C2)nc1. The zero-order chi connectivity index (χ0) is 23.1. The van der Waals surface area contributed by atoms with Gasteiger partial charge in [-0.3, -0.25) is 14.6 Å². The molecule has 1 aromatic carbocycles. The molecule has 3 aromatic heterocycles. The molecule has 1 amide bonds. The highest BCUT2D eigenvalue weighted by Crippen LogP contribution is 2.26. The summed E-state index contributed by atoms with van der Waals surface area (Å²) in [5.41, 5.74) is 6.34. The molecule has 3 heterocycles. The Morgan fingerprint density at radius 3 is 2.65 bits per heavy atom. The van der Waals surface area contributed by atoms with Crippen LogP contribution in [0.4, 0.5) is 11.8 Å². The average molecular weight is 456 g/mol. The van der Waals surface area contributed by atoms with Gasteiger partial charge in [-0.05, 0) is 36.8 Å². The first-order chi connectivity index (χ1) is 16.6. The van der Waals surface area contributed by atoms with Crippen LogP contribution in [-0.4, -0.2) is 47.1 Å². The minimum Gasteiger partial charge on any atom is -0.351 e. The van der Waals surface area contributed by atoms with E-state index < -0.39 is 0 Å². The topological polar surface area (TPSA) is 126 Å². The number of hydrogen-bond donors (Lipinski definition) is 3. The number of amides is 1. The fourth-order valence-electron chi connectivity index (χ4n) is 4.92. The van der Waals surface area contributed by atoms with Gasteiger partial charge in [0.1, 0.15) is 0 Å². The highest BCUT2D eigenvalue weighted by atomic mass is 16.2. The Morgan fingerprint density at radius 1 is 1.12 bits per heavy atom. The smallest absolute Gasteiger partial charge is 0.229 e. The Morgan fingerprint density at radius 2 is 1.88 bits per heavy atom. The third kappa shape index (κ3) is 3.91. The molecule has 0 unspecified atom stereocenters. The highest BCUT2D eigenvalue weighted by Gasteiger charge is 2.27. The van der Waals surface area contributed by atoms with Crippen LogP contribution in [-0.2, 0) is 37.5 Å². The third-order valence-corrected chi connectivity index (χ3v) is 6.72. The van der Waals surface area contributed by atoms with Gasteiger partial charge in [0.25, 0.3) is 0 Å². The number of H-pyrrole nitrogens is 1. The van der Waals surface area contributed by atoms with Gasteiger partial charge in [-0.15, -0.1) is 5.10 Å². The van der Waals surface area contributed by atoms with Gasteiger partial charge in [-0.25, -0.2) is 9.97 Å². The Hall–Kier alpha value is -4.08. The van der Waals surface area contributed by atoms with E-state index >= 15 is 0 Å². The molecule has 0 saturated heterocycles. The summed E-state index contributed by atoms with van der Waals surface area (Å²) in [7, 11) is 1.84. The second-order valence-corrected chi connectivity index (χ2v) is 9.02. The Balaban J connectivity index is 1.10. The Bertz CT molecular complexity index is 1320. The van der Waals surface area contributed by atoms with E-state index in [2.05, 4.69) is 65.4 Å². The molecule has 4 aromatic rings. The Labute approximate surface area is 196 Å². The van der Waals surface area contributed by atoms with Crippen molar-refractivity contribution in [3.8, 4) is 11.3 Å². The zero-order valence-corrected chi connectivity index (χ0v) is 18.8. The van der Waals surface area contributed by atoms with Crippen molar-refractivity contribution in [2.45, 2.75) is 38.1 Å².